The molecule has 0 N–H and O–H groups in total. The Kier molecular flexibility index (Phi) is 5.33. The molecule has 1 rings (SSSR count). The molecule has 0 aliphatic carbocycles. The Morgan fingerprint density at radius 2 is 2.19 bits per heavy atom. The standard InChI is InChI=1S/C13H19ClN2/c1-4-5-8-16(3)10-15-13-7-6-12(14)9-11(13)2/h6-7,9-10H,4-5,8H2,1-3H3. The van der Waals surface area contributed by atoms with Crippen LogP contribution in [0.2, 0.25) is 5.02 Å². The van der Waals surface area contributed by atoms with Gasteiger partial charge in [-0.15, -0.1) is 0 Å². The van der Waals surface area contributed by atoms with Crippen LogP contribution in [0.25, 0.3) is 0 Å². The monoisotopic (exact) mass is 238 g/mol. The quantitative estimate of drug-likeness (QED) is 0.558. The van der Waals surface area contributed by atoms with Gasteiger partial charge in [0, 0.05) is 18.6 Å². The Bertz CT molecular complexity index is 361. The molecule has 88 valence electrons. The lowest BCUT2D eigenvalue weighted by Gasteiger charge is -2.11. The zero-order valence-corrected chi connectivity index (χ0v) is 11.0. The molecule has 0 heterocycles. The minimum Gasteiger partial charge on any atom is -0.366 e. The molecule has 0 aromatic heterocycles. The van der Waals surface area contributed by atoms with Crippen LogP contribution < -0.4 is 0 Å². The molecule has 0 saturated carbocycles. The molecule has 0 aliphatic heterocycles. The molecule has 0 spiro atoms. The van der Waals surface area contributed by atoms with Crippen molar-refractivity contribution < 1.29 is 0 Å². The summed E-state index contributed by atoms with van der Waals surface area (Å²) in [6.07, 6.45) is 4.28. The Balaban J connectivity index is 2.61. The first-order valence-electron chi connectivity index (χ1n) is 5.64. The number of aliphatic imine (C=N–C) groups is 1. The fraction of sp³-hybridized carbons (Fsp3) is 0.462. The van der Waals surface area contributed by atoms with Gasteiger partial charge >= 0.3 is 0 Å². The number of rotatable bonds is 5. The summed E-state index contributed by atoms with van der Waals surface area (Å²) in [7, 11) is 2.05. The summed E-state index contributed by atoms with van der Waals surface area (Å²) in [5, 5.41) is 0.760. The minimum absolute atomic E-state index is 0.760. The van der Waals surface area contributed by atoms with E-state index < -0.39 is 0 Å². The van der Waals surface area contributed by atoms with Gasteiger partial charge in [0.1, 0.15) is 0 Å². The van der Waals surface area contributed by atoms with E-state index in [9.17, 15) is 0 Å². The van der Waals surface area contributed by atoms with Crippen LogP contribution in [0.4, 0.5) is 5.69 Å². The molecule has 0 aliphatic rings. The molecule has 0 unspecified atom stereocenters. The second-order valence-electron chi connectivity index (χ2n) is 4.01. The van der Waals surface area contributed by atoms with E-state index in [0.717, 1.165) is 22.8 Å². The number of halogens is 1. The molecule has 0 radical (unpaired) electrons. The molecule has 1 aromatic carbocycles. The molecule has 1 aromatic rings. The Morgan fingerprint density at radius 1 is 1.44 bits per heavy atom. The van der Waals surface area contributed by atoms with Gasteiger partial charge in [-0.3, -0.25) is 0 Å². The van der Waals surface area contributed by atoms with Crippen LogP contribution in [0.1, 0.15) is 25.3 Å². The fourth-order valence-corrected chi connectivity index (χ4v) is 1.62. The summed E-state index contributed by atoms with van der Waals surface area (Å²) in [6.45, 7) is 5.26. The number of benzene rings is 1. The third-order valence-corrected chi connectivity index (χ3v) is 2.65. The maximum atomic E-state index is 5.89. The molecule has 0 bridgehead atoms. The van der Waals surface area contributed by atoms with E-state index in [0.29, 0.717) is 0 Å². The van der Waals surface area contributed by atoms with Crippen LogP contribution >= 0.6 is 11.6 Å². The van der Waals surface area contributed by atoms with Gasteiger partial charge in [0.05, 0.1) is 12.0 Å². The number of aryl methyl sites for hydroxylation is 1. The Hall–Kier alpha value is -1.02. The van der Waals surface area contributed by atoms with Crippen LogP contribution in [-0.2, 0) is 0 Å². The maximum Gasteiger partial charge on any atom is 0.0909 e. The van der Waals surface area contributed by atoms with Gasteiger partial charge in [0.25, 0.3) is 0 Å². The highest BCUT2D eigenvalue weighted by molar-refractivity contribution is 6.30. The molecule has 0 fully saturated rings. The van der Waals surface area contributed by atoms with E-state index in [1.807, 2.05) is 38.5 Å². The summed E-state index contributed by atoms with van der Waals surface area (Å²) in [4.78, 5) is 6.55. The van der Waals surface area contributed by atoms with Gasteiger partial charge in [-0.1, -0.05) is 24.9 Å². The van der Waals surface area contributed by atoms with Gasteiger partial charge in [-0.05, 0) is 37.1 Å². The first kappa shape index (κ1) is 13.0. The summed E-state index contributed by atoms with van der Waals surface area (Å²) < 4.78 is 0. The van der Waals surface area contributed by atoms with Crippen molar-refractivity contribution >= 4 is 23.6 Å². The van der Waals surface area contributed by atoms with E-state index in [-0.39, 0.29) is 0 Å². The number of unbranched alkanes of at least 4 members (excludes halogenated alkanes) is 1. The summed E-state index contributed by atoms with van der Waals surface area (Å²) in [5.74, 6) is 0. The topological polar surface area (TPSA) is 15.6 Å². The highest BCUT2D eigenvalue weighted by Gasteiger charge is 1.97. The van der Waals surface area contributed by atoms with Crippen molar-refractivity contribution in [3.05, 3.63) is 28.8 Å². The molecule has 3 heteroatoms. The van der Waals surface area contributed by atoms with E-state index >= 15 is 0 Å². The summed E-state index contributed by atoms with van der Waals surface area (Å²) in [6, 6.07) is 5.75. The van der Waals surface area contributed by atoms with Crippen molar-refractivity contribution in [2.75, 3.05) is 13.6 Å². The SMILES string of the molecule is CCCCN(C)C=Nc1ccc(Cl)cc1C. The summed E-state index contributed by atoms with van der Waals surface area (Å²) >= 11 is 5.89. The van der Waals surface area contributed by atoms with Crippen molar-refractivity contribution in [2.45, 2.75) is 26.7 Å². The lowest BCUT2D eigenvalue weighted by Crippen LogP contribution is -2.16. The van der Waals surface area contributed by atoms with Crippen LogP contribution in [0.5, 0.6) is 0 Å². The number of nitrogens with zero attached hydrogens (tertiary/aromatic N) is 2. The molecular weight excluding hydrogens is 220 g/mol. The van der Waals surface area contributed by atoms with Crippen LogP contribution in [0, 0.1) is 6.92 Å². The molecule has 2 nitrogen and oxygen atoms in total. The maximum absolute atomic E-state index is 5.89. The van der Waals surface area contributed by atoms with Crippen molar-refractivity contribution in [2.24, 2.45) is 4.99 Å². The zero-order valence-electron chi connectivity index (χ0n) is 10.2. The van der Waals surface area contributed by atoms with Crippen molar-refractivity contribution in [1.82, 2.24) is 4.90 Å². The van der Waals surface area contributed by atoms with Crippen molar-refractivity contribution in [3.8, 4) is 0 Å². The largest absolute Gasteiger partial charge is 0.366 e. The molecule has 0 saturated heterocycles. The lowest BCUT2D eigenvalue weighted by atomic mass is 10.2. The van der Waals surface area contributed by atoms with Gasteiger partial charge in [0.15, 0.2) is 0 Å². The lowest BCUT2D eigenvalue weighted by molar-refractivity contribution is 0.497. The van der Waals surface area contributed by atoms with Gasteiger partial charge in [-0.25, -0.2) is 4.99 Å². The average molecular weight is 239 g/mol. The highest BCUT2D eigenvalue weighted by Crippen LogP contribution is 2.21. The van der Waals surface area contributed by atoms with Crippen molar-refractivity contribution in [1.29, 1.82) is 0 Å². The van der Waals surface area contributed by atoms with Gasteiger partial charge < -0.3 is 4.90 Å². The molecule has 16 heavy (non-hydrogen) atoms. The van der Waals surface area contributed by atoms with Crippen LogP contribution in [0.3, 0.4) is 0 Å². The normalized spacial score (nSPS) is 11.0. The van der Waals surface area contributed by atoms with Crippen LogP contribution in [-0.4, -0.2) is 24.8 Å². The molecular formula is C13H19ClN2. The Morgan fingerprint density at radius 3 is 2.81 bits per heavy atom. The van der Waals surface area contributed by atoms with E-state index in [1.165, 1.54) is 12.8 Å². The predicted molar refractivity (Wildman–Crippen MR) is 71.9 cm³/mol. The Labute approximate surface area is 103 Å². The second-order valence-corrected chi connectivity index (χ2v) is 4.45. The van der Waals surface area contributed by atoms with Crippen LogP contribution in [0.15, 0.2) is 23.2 Å². The van der Waals surface area contributed by atoms with E-state index in [2.05, 4.69) is 16.8 Å². The molecule has 0 amide bonds. The third kappa shape index (κ3) is 4.23. The van der Waals surface area contributed by atoms with Gasteiger partial charge in [0.2, 0.25) is 0 Å². The predicted octanol–water partition coefficient (Wildman–Crippen LogP) is 4.04. The smallest absolute Gasteiger partial charge is 0.0909 e. The number of hydrogen-bond acceptors (Lipinski definition) is 1. The average Bonchev–Trinajstić information content (AvgIpc) is 2.25. The minimum atomic E-state index is 0.760. The second kappa shape index (κ2) is 6.54. The first-order valence-corrected chi connectivity index (χ1v) is 6.02. The van der Waals surface area contributed by atoms with Crippen molar-refractivity contribution in [3.63, 3.8) is 0 Å². The number of hydrogen-bond donors (Lipinski definition) is 0. The summed E-state index contributed by atoms with van der Waals surface area (Å²) in [5.41, 5.74) is 2.08. The van der Waals surface area contributed by atoms with E-state index in [4.69, 9.17) is 11.6 Å². The third-order valence-electron chi connectivity index (χ3n) is 2.42. The first-order chi connectivity index (χ1) is 7.63. The van der Waals surface area contributed by atoms with Gasteiger partial charge in [-0.2, -0.15) is 0 Å². The molecule has 0 atom stereocenters. The fourth-order valence-electron chi connectivity index (χ4n) is 1.39. The zero-order chi connectivity index (χ0) is 12.0. The van der Waals surface area contributed by atoms with E-state index in [1.54, 1.807) is 0 Å². The highest BCUT2D eigenvalue weighted by atomic mass is 35.5.